The number of anilines is 1. The molecule has 1 N–H and O–H groups in total. The lowest BCUT2D eigenvalue weighted by atomic mass is 10.2. The molecule has 2 heterocycles. The maximum atomic E-state index is 12.9. The summed E-state index contributed by atoms with van der Waals surface area (Å²) >= 11 is 1.63. The van der Waals surface area contributed by atoms with Gasteiger partial charge in [-0.15, -0.1) is 11.3 Å². The van der Waals surface area contributed by atoms with E-state index in [1.165, 1.54) is 0 Å². The normalized spacial score (nSPS) is 15.7. The molecule has 1 aliphatic heterocycles. The van der Waals surface area contributed by atoms with E-state index in [0.717, 1.165) is 24.1 Å². The van der Waals surface area contributed by atoms with Gasteiger partial charge in [-0.3, -0.25) is 4.79 Å². The Hall–Kier alpha value is -1.70. The van der Waals surface area contributed by atoms with E-state index in [2.05, 4.69) is 5.32 Å². The molecule has 1 fully saturated rings. The van der Waals surface area contributed by atoms with Crippen LogP contribution in [0.4, 0.5) is 5.69 Å². The highest BCUT2D eigenvalue weighted by Crippen LogP contribution is 2.26. The molecule has 0 radical (unpaired) electrons. The SMILES string of the molecule is Cc1ccc(NC(=O)CCc2cccs2)cc1S(=O)(=O)N1CCCCC1. The number of hydrogen-bond acceptors (Lipinski definition) is 4. The topological polar surface area (TPSA) is 66.5 Å². The first kappa shape index (κ1) is 19.1. The zero-order valence-electron chi connectivity index (χ0n) is 14.9. The zero-order valence-corrected chi connectivity index (χ0v) is 16.5. The second-order valence-electron chi connectivity index (χ2n) is 6.57. The second kappa shape index (κ2) is 8.33. The molecule has 3 rings (SSSR count). The summed E-state index contributed by atoms with van der Waals surface area (Å²) in [4.78, 5) is 13.6. The van der Waals surface area contributed by atoms with E-state index in [1.807, 2.05) is 17.5 Å². The monoisotopic (exact) mass is 392 g/mol. The highest BCUT2D eigenvalue weighted by atomic mass is 32.2. The molecule has 2 aromatic rings. The third-order valence-electron chi connectivity index (χ3n) is 4.58. The quantitative estimate of drug-likeness (QED) is 0.813. The molecule has 1 saturated heterocycles. The van der Waals surface area contributed by atoms with Crippen LogP contribution in [0, 0.1) is 6.92 Å². The van der Waals surface area contributed by atoms with Crippen LogP contribution >= 0.6 is 11.3 Å². The van der Waals surface area contributed by atoms with Gasteiger partial charge in [-0.1, -0.05) is 18.6 Å². The Morgan fingerprint density at radius 2 is 1.96 bits per heavy atom. The largest absolute Gasteiger partial charge is 0.326 e. The van der Waals surface area contributed by atoms with Crippen LogP contribution in [0.25, 0.3) is 0 Å². The molecule has 1 aromatic heterocycles. The average Bonchev–Trinajstić information content (AvgIpc) is 3.16. The number of aryl methyl sites for hydroxylation is 2. The number of thiophene rings is 1. The van der Waals surface area contributed by atoms with Crippen LogP contribution in [0.15, 0.2) is 40.6 Å². The third kappa shape index (κ3) is 4.52. The fraction of sp³-hybridized carbons (Fsp3) is 0.421. The molecule has 1 aromatic carbocycles. The van der Waals surface area contributed by atoms with Gasteiger partial charge in [0.25, 0.3) is 0 Å². The number of rotatable bonds is 6. The molecule has 7 heteroatoms. The lowest BCUT2D eigenvalue weighted by Gasteiger charge is -2.26. The number of amides is 1. The lowest BCUT2D eigenvalue weighted by Crippen LogP contribution is -2.36. The number of nitrogens with one attached hydrogen (secondary N) is 1. The molecule has 0 unspecified atom stereocenters. The van der Waals surface area contributed by atoms with E-state index in [0.29, 0.717) is 37.2 Å². The van der Waals surface area contributed by atoms with Crippen molar-refractivity contribution in [1.82, 2.24) is 4.31 Å². The smallest absolute Gasteiger partial charge is 0.243 e. The Bertz CT molecular complexity index is 855. The van der Waals surface area contributed by atoms with E-state index < -0.39 is 10.0 Å². The van der Waals surface area contributed by atoms with Crippen molar-refractivity contribution in [3.63, 3.8) is 0 Å². The van der Waals surface area contributed by atoms with E-state index >= 15 is 0 Å². The summed E-state index contributed by atoms with van der Waals surface area (Å²) in [5.74, 6) is -0.108. The Labute approximate surface area is 159 Å². The molecular formula is C19H24N2O3S2. The Kier molecular flexibility index (Phi) is 6.11. The van der Waals surface area contributed by atoms with Crippen molar-refractivity contribution < 1.29 is 13.2 Å². The first-order chi connectivity index (χ1) is 12.5. The molecule has 0 atom stereocenters. The van der Waals surface area contributed by atoms with Gasteiger partial charge in [-0.25, -0.2) is 8.42 Å². The van der Waals surface area contributed by atoms with Gasteiger partial charge in [0.1, 0.15) is 0 Å². The summed E-state index contributed by atoms with van der Waals surface area (Å²) in [5, 5.41) is 4.82. The first-order valence-electron chi connectivity index (χ1n) is 8.90. The molecule has 0 spiro atoms. The number of sulfonamides is 1. The Balaban J connectivity index is 1.71. The number of carbonyl (C=O) groups is 1. The van der Waals surface area contributed by atoms with Crippen LogP contribution in [-0.4, -0.2) is 31.7 Å². The number of benzene rings is 1. The van der Waals surface area contributed by atoms with E-state index in [4.69, 9.17) is 0 Å². The Morgan fingerprint density at radius 3 is 2.65 bits per heavy atom. The van der Waals surface area contributed by atoms with Crippen LogP contribution in [0.3, 0.4) is 0 Å². The Morgan fingerprint density at radius 1 is 1.19 bits per heavy atom. The van der Waals surface area contributed by atoms with Crippen LogP contribution in [0.5, 0.6) is 0 Å². The zero-order chi connectivity index (χ0) is 18.6. The second-order valence-corrected chi connectivity index (χ2v) is 9.51. The molecular weight excluding hydrogens is 368 g/mol. The molecule has 5 nitrogen and oxygen atoms in total. The van der Waals surface area contributed by atoms with Gasteiger partial charge in [0.2, 0.25) is 15.9 Å². The summed E-state index contributed by atoms with van der Waals surface area (Å²) in [6, 6.07) is 9.07. The fourth-order valence-electron chi connectivity index (χ4n) is 3.12. The first-order valence-corrected chi connectivity index (χ1v) is 11.2. The van der Waals surface area contributed by atoms with Gasteiger partial charge < -0.3 is 5.32 Å². The molecule has 1 amide bonds. The summed E-state index contributed by atoms with van der Waals surface area (Å²) in [5.41, 5.74) is 1.23. The van der Waals surface area contributed by atoms with E-state index in [9.17, 15) is 13.2 Å². The minimum absolute atomic E-state index is 0.108. The predicted molar refractivity (Wildman–Crippen MR) is 105 cm³/mol. The summed E-state index contributed by atoms with van der Waals surface area (Å²) in [7, 11) is -3.52. The summed E-state index contributed by atoms with van der Waals surface area (Å²) in [6.07, 6.45) is 3.94. The molecule has 0 bridgehead atoms. The van der Waals surface area contributed by atoms with Crippen LogP contribution < -0.4 is 5.32 Å². The molecule has 140 valence electrons. The van der Waals surface area contributed by atoms with Gasteiger partial charge in [0.05, 0.1) is 4.90 Å². The van der Waals surface area contributed by atoms with Crippen LogP contribution in [0.1, 0.15) is 36.1 Å². The van der Waals surface area contributed by atoms with Gasteiger partial charge in [0.15, 0.2) is 0 Å². The highest BCUT2D eigenvalue weighted by molar-refractivity contribution is 7.89. The third-order valence-corrected chi connectivity index (χ3v) is 7.56. The van der Waals surface area contributed by atoms with Crippen molar-refractivity contribution in [3.8, 4) is 0 Å². The van der Waals surface area contributed by atoms with E-state index in [-0.39, 0.29) is 10.8 Å². The van der Waals surface area contributed by atoms with Gasteiger partial charge in [-0.2, -0.15) is 4.31 Å². The maximum Gasteiger partial charge on any atom is 0.243 e. The van der Waals surface area contributed by atoms with Gasteiger partial charge in [0, 0.05) is 30.1 Å². The minimum atomic E-state index is -3.52. The number of nitrogens with zero attached hydrogens (tertiary/aromatic N) is 1. The predicted octanol–water partition coefficient (Wildman–Crippen LogP) is 3.80. The van der Waals surface area contributed by atoms with Crippen molar-refractivity contribution in [2.45, 2.75) is 43.9 Å². The molecule has 0 saturated carbocycles. The highest BCUT2D eigenvalue weighted by Gasteiger charge is 2.27. The van der Waals surface area contributed by atoms with Crippen molar-refractivity contribution in [3.05, 3.63) is 46.2 Å². The van der Waals surface area contributed by atoms with Crippen LogP contribution in [-0.2, 0) is 21.2 Å². The molecule has 1 aliphatic rings. The lowest BCUT2D eigenvalue weighted by molar-refractivity contribution is -0.116. The van der Waals surface area contributed by atoms with Crippen molar-refractivity contribution in [2.24, 2.45) is 0 Å². The standard InChI is InChI=1S/C19H24N2O3S2/c1-15-7-8-16(20-19(22)10-9-17-6-5-13-25-17)14-18(15)26(23,24)21-11-3-2-4-12-21/h5-8,13-14H,2-4,9-12H2,1H3,(H,20,22). The molecule has 26 heavy (non-hydrogen) atoms. The van der Waals surface area contributed by atoms with Crippen molar-refractivity contribution >= 4 is 33.0 Å². The number of hydrogen-bond donors (Lipinski definition) is 1. The number of carbonyl (C=O) groups excluding carboxylic acids is 1. The molecule has 0 aliphatic carbocycles. The van der Waals surface area contributed by atoms with Crippen LogP contribution in [0.2, 0.25) is 0 Å². The van der Waals surface area contributed by atoms with Gasteiger partial charge in [-0.05, 0) is 55.3 Å². The summed E-state index contributed by atoms with van der Waals surface area (Å²) < 4.78 is 27.4. The van der Waals surface area contributed by atoms with E-state index in [1.54, 1.807) is 40.8 Å². The number of piperidine rings is 1. The average molecular weight is 393 g/mol. The van der Waals surface area contributed by atoms with Crippen molar-refractivity contribution in [2.75, 3.05) is 18.4 Å². The summed E-state index contributed by atoms with van der Waals surface area (Å²) in [6.45, 7) is 2.93. The fourth-order valence-corrected chi connectivity index (χ4v) is 5.59. The van der Waals surface area contributed by atoms with Gasteiger partial charge >= 0.3 is 0 Å². The van der Waals surface area contributed by atoms with Crippen molar-refractivity contribution in [1.29, 1.82) is 0 Å². The minimum Gasteiger partial charge on any atom is -0.326 e. The maximum absolute atomic E-state index is 12.9.